The van der Waals surface area contributed by atoms with Crippen LogP contribution in [0.25, 0.3) is 10.9 Å². The molecule has 2 aromatic carbocycles. The van der Waals surface area contributed by atoms with Crippen molar-refractivity contribution in [2.75, 3.05) is 17.2 Å². The Morgan fingerprint density at radius 3 is 2.61 bits per heavy atom. The van der Waals surface area contributed by atoms with Gasteiger partial charge in [-0.3, -0.25) is 14.7 Å². The van der Waals surface area contributed by atoms with E-state index in [-0.39, 0.29) is 17.5 Å². The third-order valence-corrected chi connectivity index (χ3v) is 5.45. The van der Waals surface area contributed by atoms with Crippen molar-refractivity contribution in [3.63, 3.8) is 0 Å². The van der Waals surface area contributed by atoms with Crippen LogP contribution in [-0.4, -0.2) is 38.5 Å². The van der Waals surface area contributed by atoms with Gasteiger partial charge in [-0.05, 0) is 54.6 Å². The molecule has 10 heteroatoms. The summed E-state index contributed by atoms with van der Waals surface area (Å²) in [5.41, 5.74) is 1.86. The summed E-state index contributed by atoms with van der Waals surface area (Å²) in [6.45, 7) is 4.01. The average molecular weight is 462 g/mol. The smallest absolute Gasteiger partial charge is 0.270 e. The summed E-state index contributed by atoms with van der Waals surface area (Å²) < 4.78 is 0. The Bertz CT molecular complexity index is 1290. The number of nitrogens with one attached hydrogen (secondary N) is 4. The quantitative estimate of drug-likeness (QED) is 0.288. The van der Waals surface area contributed by atoms with Crippen molar-refractivity contribution in [3.05, 3.63) is 60.3 Å². The fraction of sp³-hybridized carbons (Fsp3) is 0.174. The standard InChI is InChI=1S/C23H23N7O2S/c1-3-12-24-22(32)19-13-20(27-21-17-6-4-5-7-18(17)29-30-21)28-23(26-19)33-16-10-8-15(9-11-16)25-14(2)31/h4-11,13H,3,12H2,1-2H3,(H,24,32)(H,25,31)(H2,26,27,28,29,30). The number of hydrogen-bond donors (Lipinski definition) is 4. The summed E-state index contributed by atoms with van der Waals surface area (Å²) in [4.78, 5) is 33.7. The van der Waals surface area contributed by atoms with Crippen LogP contribution in [0.1, 0.15) is 30.8 Å². The summed E-state index contributed by atoms with van der Waals surface area (Å²) in [6, 6.07) is 16.7. The second kappa shape index (κ2) is 10.1. The van der Waals surface area contributed by atoms with Crippen molar-refractivity contribution in [3.8, 4) is 0 Å². The molecule has 2 heterocycles. The lowest BCUT2D eigenvalue weighted by Gasteiger charge is -2.10. The molecule has 0 spiro atoms. The number of para-hydroxylation sites is 1. The molecule has 0 aliphatic carbocycles. The SMILES string of the molecule is CCCNC(=O)c1cc(Nc2n[nH]c3ccccc23)nc(Sc2ccc(NC(C)=O)cc2)n1. The van der Waals surface area contributed by atoms with Crippen molar-refractivity contribution < 1.29 is 9.59 Å². The lowest BCUT2D eigenvalue weighted by molar-refractivity contribution is -0.114. The monoisotopic (exact) mass is 461 g/mol. The third kappa shape index (κ3) is 5.66. The molecular formula is C23H23N7O2S. The Kier molecular flexibility index (Phi) is 6.84. The van der Waals surface area contributed by atoms with Crippen LogP contribution in [0.5, 0.6) is 0 Å². The highest BCUT2D eigenvalue weighted by atomic mass is 32.2. The van der Waals surface area contributed by atoms with Gasteiger partial charge in [-0.2, -0.15) is 5.10 Å². The second-order valence-corrected chi connectivity index (χ2v) is 8.27. The van der Waals surface area contributed by atoms with E-state index in [9.17, 15) is 9.59 Å². The maximum Gasteiger partial charge on any atom is 0.270 e. The molecular weight excluding hydrogens is 438 g/mol. The molecule has 2 aromatic heterocycles. The van der Waals surface area contributed by atoms with Crippen LogP contribution in [0.4, 0.5) is 17.3 Å². The minimum absolute atomic E-state index is 0.133. The van der Waals surface area contributed by atoms with Crippen molar-refractivity contribution in [2.24, 2.45) is 0 Å². The number of aromatic amines is 1. The van der Waals surface area contributed by atoms with Crippen molar-refractivity contribution >= 4 is 51.8 Å². The molecule has 0 atom stereocenters. The lowest BCUT2D eigenvalue weighted by Crippen LogP contribution is -2.25. The summed E-state index contributed by atoms with van der Waals surface area (Å²) >= 11 is 1.32. The second-order valence-electron chi connectivity index (χ2n) is 7.23. The highest BCUT2D eigenvalue weighted by Gasteiger charge is 2.14. The molecule has 9 nitrogen and oxygen atoms in total. The van der Waals surface area contributed by atoms with E-state index in [0.717, 1.165) is 22.2 Å². The predicted molar refractivity (Wildman–Crippen MR) is 129 cm³/mol. The van der Waals surface area contributed by atoms with Crippen LogP contribution in [-0.2, 0) is 4.79 Å². The van der Waals surface area contributed by atoms with Gasteiger partial charge in [-0.15, -0.1) is 0 Å². The molecule has 0 fully saturated rings. The molecule has 0 aliphatic rings. The van der Waals surface area contributed by atoms with Crippen LogP contribution in [0, 0.1) is 0 Å². The minimum Gasteiger partial charge on any atom is -0.351 e. The molecule has 0 saturated carbocycles. The van der Waals surface area contributed by atoms with Crippen LogP contribution in [0.2, 0.25) is 0 Å². The van der Waals surface area contributed by atoms with Gasteiger partial charge >= 0.3 is 0 Å². The molecule has 0 radical (unpaired) electrons. The Morgan fingerprint density at radius 1 is 1.06 bits per heavy atom. The number of H-pyrrole nitrogens is 1. The van der Waals surface area contributed by atoms with Crippen LogP contribution in [0.3, 0.4) is 0 Å². The summed E-state index contributed by atoms with van der Waals surface area (Å²) in [6.07, 6.45) is 0.823. The van der Waals surface area contributed by atoms with Crippen molar-refractivity contribution in [1.82, 2.24) is 25.5 Å². The number of carbonyl (C=O) groups is 2. The van der Waals surface area contributed by atoms with E-state index in [4.69, 9.17) is 0 Å². The van der Waals surface area contributed by atoms with E-state index in [2.05, 4.69) is 36.1 Å². The zero-order chi connectivity index (χ0) is 23.2. The molecule has 4 rings (SSSR count). The number of anilines is 3. The number of aromatic nitrogens is 4. The van der Waals surface area contributed by atoms with Gasteiger partial charge in [0.15, 0.2) is 11.0 Å². The van der Waals surface area contributed by atoms with Gasteiger partial charge in [0.05, 0.1) is 5.52 Å². The molecule has 0 bridgehead atoms. The van der Waals surface area contributed by atoms with Gasteiger partial charge in [0.2, 0.25) is 5.91 Å². The lowest BCUT2D eigenvalue weighted by atomic mass is 10.2. The summed E-state index contributed by atoms with van der Waals surface area (Å²) in [5, 5.41) is 17.4. The fourth-order valence-electron chi connectivity index (χ4n) is 3.08. The molecule has 0 aliphatic heterocycles. The third-order valence-electron chi connectivity index (χ3n) is 4.57. The van der Waals surface area contributed by atoms with Crippen molar-refractivity contribution in [2.45, 2.75) is 30.3 Å². The minimum atomic E-state index is -0.267. The van der Waals surface area contributed by atoms with Crippen molar-refractivity contribution in [1.29, 1.82) is 0 Å². The first-order valence-electron chi connectivity index (χ1n) is 10.4. The van der Waals surface area contributed by atoms with Crippen LogP contribution in [0.15, 0.2) is 64.6 Å². The predicted octanol–water partition coefficient (Wildman–Crippen LogP) is 4.35. The Labute approximate surface area is 194 Å². The van der Waals surface area contributed by atoms with Gasteiger partial charge in [0.25, 0.3) is 5.91 Å². The maximum absolute atomic E-state index is 12.6. The van der Waals surface area contributed by atoms with Gasteiger partial charge in [0, 0.05) is 35.5 Å². The molecule has 4 N–H and O–H groups in total. The number of rotatable bonds is 8. The number of carbonyl (C=O) groups excluding carboxylic acids is 2. The molecule has 168 valence electrons. The number of hydrogen-bond acceptors (Lipinski definition) is 7. The fourth-order valence-corrected chi connectivity index (χ4v) is 3.85. The van der Waals surface area contributed by atoms with Gasteiger partial charge in [-0.1, -0.05) is 19.1 Å². The summed E-state index contributed by atoms with van der Waals surface area (Å²) in [7, 11) is 0. The van der Waals surface area contributed by atoms with Gasteiger partial charge < -0.3 is 16.0 Å². The van der Waals surface area contributed by atoms with Gasteiger partial charge in [0.1, 0.15) is 11.5 Å². The van der Waals surface area contributed by atoms with E-state index in [0.29, 0.717) is 29.0 Å². The largest absolute Gasteiger partial charge is 0.351 e. The Morgan fingerprint density at radius 2 is 1.85 bits per heavy atom. The number of amides is 2. The zero-order valence-corrected chi connectivity index (χ0v) is 19.0. The highest BCUT2D eigenvalue weighted by Crippen LogP contribution is 2.29. The zero-order valence-electron chi connectivity index (χ0n) is 18.2. The van der Waals surface area contributed by atoms with E-state index in [1.54, 1.807) is 18.2 Å². The average Bonchev–Trinajstić information content (AvgIpc) is 3.21. The van der Waals surface area contributed by atoms with E-state index in [1.807, 2.05) is 43.3 Å². The molecule has 2 amide bonds. The Balaban J connectivity index is 1.62. The molecule has 4 aromatic rings. The molecule has 0 unspecified atom stereocenters. The first-order chi connectivity index (χ1) is 16.0. The number of benzene rings is 2. The Hall–Kier alpha value is -3.92. The summed E-state index contributed by atoms with van der Waals surface area (Å²) in [5.74, 6) is 0.671. The highest BCUT2D eigenvalue weighted by molar-refractivity contribution is 7.99. The molecule has 33 heavy (non-hydrogen) atoms. The maximum atomic E-state index is 12.6. The van der Waals surface area contributed by atoms with Crippen LogP contribution < -0.4 is 16.0 Å². The first kappa shape index (κ1) is 22.3. The topological polar surface area (TPSA) is 125 Å². The first-order valence-corrected chi connectivity index (χ1v) is 11.3. The van der Waals surface area contributed by atoms with Crippen LogP contribution >= 0.6 is 11.8 Å². The van der Waals surface area contributed by atoms with Gasteiger partial charge in [-0.25, -0.2) is 9.97 Å². The normalized spacial score (nSPS) is 10.7. The molecule has 0 saturated heterocycles. The number of fused-ring (bicyclic) bond motifs is 1. The van der Waals surface area contributed by atoms with E-state index >= 15 is 0 Å². The van der Waals surface area contributed by atoms with E-state index in [1.165, 1.54) is 18.7 Å². The van der Waals surface area contributed by atoms with E-state index < -0.39 is 0 Å². The number of nitrogens with zero attached hydrogens (tertiary/aromatic N) is 3.